The van der Waals surface area contributed by atoms with Crippen LogP contribution in [0.1, 0.15) is 22.3 Å². The number of likely N-dealkylation sites (tertiary alicyclic amines) is 1. The van der Waals surface area contributed by atoms with Crippen molar-refractivity contribution in [1.29, 1.82) is 0 Å². The first kappa shape index (κ1) is 19.1. The number of fused-ring (bicyclic) bond motifs is 1. The van der Waals surface area contributed by atoms with Crippen LogP contribution in [0.2, 0.25) is 0 Å². The number of rotatable bonds is 5. The van der Waals surface area contributed by atoms with Gasteiger partial charge in [-0.15, -0.1) is 0 Å². The van der Waals surface area contributed by atoms with E-state index in [9.17, 15) is 9.59 Å². The van der Waals surface area contributed by atoms with Crippen molar-refractivity contribution in [2.75, 3.05) is 13.6 Å². The molecule has 30 heavy (non-hydrogen) atoms. The van der Waals surface area contributed by atoms with E-state index in [1.807, 2.05) is 23.1 Å². The summed E-state index contributed by atoms with van der Waals surface area (Å²) in [5.74, 6) is -0.989. The molecule has 1 spiro atoms. The molecular formula is C24H26N2O4. The molecule has 0 saturated carbocycles. The van der Waals surface area contributed by atoms with E-state index in [4.69, 9.17) is 9.15 Å². The quantitative estimate of drug-likeness (QED) is 0.717. The predicted octanol–water partition coefficient (Wildman–Crippen LogP) is 2.84. The van der Waals surface area contributed by atoms with Crippen molar-refractivity contribution < 1.29 is 18.7 Å². The fraction of sp³-hybridized carbons (Fsp3) is 0.417. The van der Waals surface area contributed by atoms with E-state index in [1.165, 1.54) is 5.56 Å². The van der Waals surface area contributed by atoms with E-state index < -0.39 is 17.4 Å². The van der Waals surface area contributed by atoms with Crippen LogP contribution in [0, 0.1) is 25.7 Å². The van der Waals surface area contributed by atoms with Crippen LogP contribution in [0.15, 0.2) is 53.4 Å². The second-order valence-corrected chi connectivity index (χ2v) is 8.85. The molecule has 2 amide bonds. The van der Waals surface area contributed by atoms with Gasteiger partial charge >= 0.3 is 0 Å². The highest BCUT2D eigenvalue weighted by Gasteiger charge is 2.67. The average Bonchev–Trinajstić information content (AvgIpc) is 3.47. The number of hydrogen-bond acceptors (Lipinski definition) is 4. The van der Waals surface area contributed by atoms with Crippen molar-refractivity contribution in [3.63, 3.8) is 0 Å². The summed E-state index contributed by atoms with van der Waals surface area (Å²) in [7, 11) is 1.77. The number of ether oxygens (including phenoxy) is 1. The minimum Gasteiger partial charge on any atom is -0.472 e. The van der Waals surface area contributed by atoms with Gasteiger partial charge in [0.25, 0.3) is 0 Å². The zero-order chi connectivity index (χ0) is 21.0. The number of amides is 2. The monoisotopic (exact) mass is 406 g/mol. The summed E-state index contributed by atoms with van der Waals surface area (Å²) in [5.41, 5.74) is 3.71. The van der Waals surface area contributed by atoms with Crippen molar-refractivity contribution in [1.82, 2.24) is 9.80 Å². The third-order valence-corrected chi connectivity index (χ3v) is 6.71. The highest BCUT2D eigenvalue weighted by atomic mass is 16.5. The highest BCUT2D eigenvalue weighted by Crippen LogP contribution is 2.52. The third kappa shape index (κ3) is 2.89. The first-order chi connectivity index (χ1) is 14.4. The summed E-state index contributed by atoms with van der Waals surface area (Å²) >= 11 is 0. The second-order valence-electron chi connectivity index (χ2n) is 8.85. The van der Waals surface area contributed by atoms with Crippen LogP contribution in [0.5, 0.6) is 0 Å². The van der Waals surface area contributed by atoms with Gasteiger partial charge < -0.3 is 19.0 Å². The lowest BCUT2D eigenvalue weighted by molar-refractivity contribution is -0.142. The number of benzene rings is 1. The maximum absolute atomic E-state index is 13.5. The van der Waals surface area contributed by atoms with Crippen LogP contribution in [0.25, 0.3) is 0 Å². The van der Waals surface area contributed by atoms with Crippen LogP contribution in [-0.2, 0) is 27.4 Å². The standard InChI is InChI=1S/C24H26N2O4/c1-15-4-5-16(2)18(10-15)12-26-14-24-8-6-19(30-24)20(21(24)23(26)28)22(27)25(3)11-17-7-9-29-13-17/h4-10,13,19-21H,11-12,14H2,1-3H3/t19-,20?,21?,24-/m1/s1. The van der Waals surface area contributed by atoms with Gasteiger partial charge in [-0.2, -0.15) is 0 Å². The molecule has 2 fully saturated rings. The smallest absolute Gasteiger partial charge is 0.230 e. The van der Waals surface area contributed by atoms with Gasteiger partial charge in [0.1, 0.15) is 5.60 Å². The topological polar surface area (TPSA) is 63.0 Å². The summed E-state index contributed by atoms with van der Waals surface area (Å²) in [5, 5.41) is 0. The van der Waals surface area contributed by atoms with E-state index in [0.29, 0.717) is 19.6 Å². The zero-order valence-corrected chi connectivity index (χ0v) is 17.5. The summed E-state index contributed by atoms with van der Waals surface area (Å²) in [4.78, 5) is 30.3. The Morgan fingerprint density at radius 3 is 2.90 bits per heavy atom. The van der Waals surface area contributed by atoms with Crippen LogP contribution in [0.3, 0.4) is 0 Å². The van der Waals surface area contributed by atoms with Gasteiger partial charge in [0.15, 0.2) is 0 Å². The fourth-order valence-electron chi connectivity index (χ4n) is 5.16. The Bertz CT molecular complexity index is 1030. The lowest BCUT2D eigenvalue weighted by atomic mass is 9.76. The molecule has 2 aromatic rings. The summed E-state index contributed by atoms with van der Waals surface area (Å²) < 4.78 is 11.4. The Hall–Kier alpha value is -2.86. The van der Waals surface area contributed by atoms with Crippen LogP contribution in [-0.4, -0.2) is 46.9 Å². The Kier molecular flexibility index (Phi) is 4.36. The molecular weight excluding hydrogens is 380 g/mol. The predicted molar refractivity (Wildman–Crippen MR) is 110 cm³/mol. The van der Waals surface area contributed by atoms with Crippen molar-refractivity contribution >= 4 is 11.8 Å². The van der Waals surface area contributed by atoms with E-state index in [-0.39, 0.29) is 17.9 Å². The van der Waals surface area contributed by atoms with Gasteiger partial charge in [-0.1, -0.05) is 35.9 Å². The van der Waals surface area contributed by atoms with Crippen LogP contribution in [0.4, 0.5) is 0 Å². The van der Waals surface area contributed by atoms with E-state index in [0.717, 1.165) is 16.7 Å². The minimum atomic E-state index is -0.684. The minimum absolute atomic E-state index is 0.0119. The molecule has 0 radical (unpaired) electrons. The number of nitrogens with zero attached hydrogens (tertiary/aromatic N) is 2. The lowest BCUT2D eigenvalue weighted by Gasteiger charge is -2.27. The number of hydrogen-bond donors (Lipinski definition) is 0. The molecule has 156 valence electrons. The molecule has 1 aromatic heterocycles. The number of carbonyl (C=O) groups is 2. The molecule has 5 rings (SSSR count). The molecule has 6 nitrogen and oxygen atoms in total. The summed E-state index contributed by atoms with van der Waals surface area (Å²) in [6, 6.07) is 8.14. The highest BCUT2D eigenvalue weighted by molar-refractivity contribution is 5.93. The first-order valence-electron chi connectivity index (χ1n) is 10.4. The van der Waals surface area contributed by atoms with Crippen molar-refractivity contribution in [3.05, 3.63) is 71.2 Å². The summed E-state index contributed by atoms with van der Waals surface area (Å²) in [6.45, 7) is 5.60. The Balaban J connectivity index is 1.38. The van der Waals surface area contributed by atoms with Gasteiger partial charge in [-0.25, -0.2) is 0 Å². The molecule has 3 aliphatic rings. The van der Waals surface area contributed by atoms with Crippen molar-refractivity contribution in [3.8, 4) is 0 Å². The van der Waals surface area contributed by atoms with Gasteiger partial charge in [-0.05, 0) is 31.0 Å². The normalized spacial score (nSPS) is 29.0. The zero-order valence-electron chi connectivity index (χ0n) is 17.5. The van der Waals surface area contributed by atoms with Gasteiger partial charge in [0.05, 0.1) is 37.0 Å². The van der Waals surface area contributed by atoms with Crippen molar-refractivity contribution in [2.24, 2.45) is 11.8 Å². The summed E-state index contributed by atoms with van der Waals surface area (Å²) in [6.07, 6.45) is 6.86. The van der Waals surface area contributed by atoms with Crippen LogP contribution >= 0.6 is 0 Å². The average molecular weight is 406 g/mol. The van der Waals surface area contributed by atoms with Crippen LogP contribution < -0.4 is 0 Å². The number of aryl methyl sites for hydroxylation is 2. The van der Waals surface area contributed by atoms with Gasteiger partial charge in [0, 0.05) is 25.7 Å². The van der Waals surface area contributed by atoms with Crippen molar-refractivity contribution in [2.45, 2.75) is 38.6 Å². The molecule has 0 aliphatic carbocycles. The van der Waals surface area contributed by atoms with E-state index >= 15 is 0 Å². The lowest BCUT2D eigenvalue weighted by Crippen LogP contribution is -2.44. The molecule has 2 bridgehead atoms. The van der Waals surface area contributed by atoms with Gasteiger partial charge in [0.2, 0.25) is 11.8 Å². The molecule has 4 heterocycles. The maximum atomic E-state index is 13.5. The molecule has 3 aliphatic heterocycles. The van der Waals surface area contributed by atoms with E-state index in [1.54, 1.807) is 24.5 Å². The fourth-order valence-corrected chi connectivity index (χ4v) is 5.16. The molecule has 4 atom stereocenters. The molecule has 0 N–H and O–H groups in total. The molecule has 2 unspecified atom stereocenters. The number of carbonyl (C=O) groups excluding carboxylic acids is 2. The van der Waals surface area contributed by atoms with E-state index in [2.05, 4.69) is 32.0 Å². The number of furan rings is 1. The maximum Gasteiger partial charge on any atom is 0.230 e. The third-order valence-electron chi connectivity index (χ3n) is 6.71. The Labute approximate surface area is 176 Å². The SMILES string of the molecule is Cc1ccc(C)c(CN2C[C@@]34C=C[C@@H](O3)C(C(=O)N(C)Cc3ccoc3)C4C2=O)c1. The van der Waals surface area contributed by atoms with Gasteiger partial charge in [-0.3, -0.25) is 9.59 Å². The molecule has 1 aromatic carbocycles. The Morgan fingerprint density at radius 2 is 2.13 bits per heavy atom. The molecule has 6 heteroatoms. The first-order valence-corrected chi connectivity index (χ1v) is 10.4. The molecule has 2 saturated heterocycles. The Morgan fingerprint density at radius 1 is 1.30 bits per heavy atom. The largest absolute Gasteiger partial charge is 0.472 e. The second kappa shape index (κ2) is 6.84.